The number of hydrogen-bond acceptors (Lipinski definition) is 8. The number of unbranched alkanes of at least 4 members (excludes halogenated alkanes) is 2. The number of methoxy groups -OCH3 is 1. The Morgan fingerprint density at radius 1 is 1.17 bits per heavy atom. The zero-order valence-electron chi connectivity index (χ0n) is 21.9. The molecule has 2 amide bonds. The Kier molecular flexibility index (Phi) is 10.3. The van der Waals surface area contributed by atoms with Crippen LogP contribution in [0.15, 0.2) is 23.1 Å². The van der Waals surface area contributed by atoms with Crippen LogP contribution in [0.2, 0.25) is 0 Å². The maximum absolute atomic E-state index is 13.3. The van der Waals surface area contributed by atoms with Gasteiger partial charge in [0.15, 0.2) is 5.13 Å². The van der Waals surface area contributed by atoms with Crippen molar-refractivity contribution < 1.29 is 27.5 Å². The number of anilines is 1. The van der Waals surface area contributed by atoms with Crippen molar-refractivity contribution in [3.8, 4) is 16.2 Å². The van der Waals surface area contributed by atoms with E-state index < -0.39 is 21.7 Å². The van der Waals surface area contributed by atoms with Gasteiger partial charge in [-0.2, -0.15) is 0 Å². The minimum absolute atomic E-state index is 0.0470. The number of thiazole rings is 1. The average Bonchev–Trinajstić information content (AvgIpc) is 3.15. The third kappa shape index (κ3) is 8.17. The zero-order chi connectivity index (χ0) is 27.1. The maximum atomic E-state index is 13.3. The van der Waals surface area contributed by atoms with E-state index >= 15 is 0 Å². The summed E-state index contributed by atoms with van der Waals surface area (Å²) < 4.78 is 37.2. The van der Waals surface area contributed by atoms with E-state index in [1.807, 2.05) is 0 Å². The first-order valence-electron chi connectivity index (χ1n) is 11.8. The number of aromatic nitrogens is 1. The predicted molar refractivity (Wildman–Crippen MR) is 141 cm³/mol. The normalized spacial score (nSPS) is 11.8. The number of carbonyl (C=O) groups is 2. The summed E-state index contributed by atoms with van der Waals surface area (Å²) >= 11 is 1.26. The summed E-state index contributed by atoms with van der Waals surface area (Å²) in [4.78, 5) is 31.9. The number of rotatable bonds is 11. The van der Waals surface area contributed by atoms with E-state index in [-0.39, 0.29) is 23.1 Å². The first-order valence-corrected chi connectivity index (χ1v) is 14.1. The van der Waals surface area contributed by atoms with Crippen molar-refractivity contribution in [2.45, 2.75) is 77.7 Å². The molecule has 0 spiro atoms. The number of sulfonamides is 1. The quantitative estimate of drug-likeness (QED) is 0.300. The molecule has 36 heavy (non-hydrogen) atoms. The van der Waals surface area contributed by atoms with Gasteiger partial charge in [-0.3, -0.25) is 4.79 Å². The van der Waals surface area contributed by atoms with Gasteiger partial charge in [-0.1, -0.05) is 31.1 Å². The average molecular weight is 541 g/mol. The number of nitrogens with one attached hydrogen (secondary N) is 2. The molecule has 0 radical (unpaired) electrons. The number of hydrogen-bond donors (Lipinski definition) is 2. The SMILES string of the molecule is CCCCCC(=O)Nc1nc(C)c(-c2ccc(OC)c(S(=O)(=O)NN(CC)C(=O)OC(C)(C)C)c2)s1. The van der Waals surface area contributed by atoms with E-state index in [0.717, 1.165) is 24.3 Å². The van der Waals surface area contributed by atoms with Crippen LogP contribution in [-0.4, -0.2) is 49.7 Å². The van der Waals surface area contributed by atoms with E-state index in [4.69, 9.17) is 9.47 Å². The third-order valence-electron chi connectivity index (χ3n) is 4.93. The number of nitrogens with zero attached hydrogens (tertiary/aromatic N) is 2. The molecule has 1 aromatic carbocycles. The van der Waals surface area contributed by atoms with Crippen molar-refractivity contribution >= 4 is 38.5 Å². The van der Waals surface area contributed by atoms with Gasteiger partial charge in [0.25, 0.3) is 10.0 Å². The third-order valence-corrected chi connectivity index (χ3v) is 7.41. The van der Waals surface area contributed by atoms with Crippen molar-refractivity contribution in [3.63, 3.8) is 0 Å². The Morgan fingerprint density at radius 3 is 2.44 bits per heavy atom. The molecule has 0 aliphatic heterocycles. The van der Waals surface area contributed by atoms with Gasteiger partial charge in [0.2, 0.25) is 5.91 Å². The number of hydrazine groups is 1. The van der Waals surface area contributed by atoms with Gasteiger partial charge >= 0.3 is 6.09 Å². The lowest BCUT2D eigenvalue weighted by molar-refractivity contribution is -0.116. The van der Waals surface area contributed by atoms with Crippen LogP contribution >= 0.6 is 11.3 Å². The lowest BCUT2D eigenvalue weighted by Crippen LogP contribution is -2.48. The molecular weight excluding hydrogens is 504 g/mol. The van der Waals surface area contributed by atoms with Gasteiger partial charge in [-0.15, -0.1) is 4.83 Å². The molecule has 0 aliphatic carbocycles. The number of benzene rings is 1. The van der Waals surface area contributed by atoms with Crippen LogP contribution < -0.4 is 14.9 Å². The fraction of sp³-hybridized carbons (Fsp3) is 0.542. The summed E-state index contributed by atoms with van der Waals surface area (Å²) in [5.41, 5.74) is 0.438. The lowest BCUT2D eigenvalue weighted by Gasteiger charge is -2.26. The molecule has 12 heteroatoms. The second-order valence-corrected chi connectivity index (χ2v) is 11.8. The fourth-order valence-corrected chi connectivity index (χ4v) is 5.47. The Morgan fingerprint density at radius 2 is 1.86 bits per heavy atom. The second kappa shape index (κ2) is 12.5. The van der Waals surface area contributed by atoms with Crippen LogP contribution in [0.3, 0.4) is 0 Å². The molecule has 0 aliphatic rings. The van der Waals surface area contributed by atoms with Gasteiger partial charge in [0.05, 0.1) is 17.7 Å². The van der Waals surface area contributed by atoms with Crippen LogP contribution in [0, 0.1) is 6.92 Å². The van der Waals surface area contributed by atoms with Crippen LogP contribution in [-0.2, 0) is 19.6 Å². The molecule has 0 saturated carbocycles. The van der Waals surface area contributed by atoms with Crippen LogP contribution in [0.5, 0.6) is 5.75 Å². The van der Waals surface area contributed by atoms with Crippen molar-refractivity contribution in [3.05, 3.63) is 23.9 Å². The number of carbonyl (C=O) groups excluding carboxylic acids is 2. The zero-order valence-corrected chi connectivity index (χ0v) is 23.6. The minimum Gasteiger partial charge on any atom is -0.495 e. The van der Waals surface area contributed by atoms with Crippen molar-refractivity contribution in [1.29, 1.82) is 0 Å². The van der Waals surface area contributed by atoms with Crippen molar-refractivity contribution in [2.75, 3.05) is 19.0 Å². The molecule has 200 valence electrons. The van der Waals surface area contributed by atoms with E-state index in [9.17, 15) is 18.0 Å². The molecule has 2 rings (SSSR count). The summed E-state index contributed by atoms with van der Waals surface area (Å²) in [7, 11) is -2.85. The summed E-state index contributed by atoms with van der Waals surface area (Å²) in [5.74, 6) is 0.00542. The molecule has 0 saturated heterocycles. The van der Waals surface area contributed by atoms with E-state index in [1.165, 1.54) is 30.6 Å². The van der Waals surface area contributed by atoms with E-state index in [0.29, 0.717) is 27.7 Å². The van der Waals surface area contributed by atoms with Crippen molar-refractivity contribution in [1.82, 2.24) is 14.8 Å². The number of ether oxygens (including phenoxy) is 2. The van der Waals surface area contributed by atoms with Gasteiger partial charge in [-0.25, -0.2) is 23.2 Å². The molecule has 2 N–H and O–H groups in total. The maximum Gasteiger partial charge on any atom is 0.425 e. The van der Waals surface area contributed by atoms with E-state index in [2.05, 4.69) is 22.1 Å². The largest absolute Gasteiger partial charge is 0.495 e. The Balaban J connectivity index is 2.34. The predicted octanol–water partition coefficient (Wildman–Crippen LogP) is 5.10. The molecule has 10 nitrogen and oxygen atoms in total. The summed E-state index contributed by atoms with van der Waals surface area (Å²) in [5, 5.41) is 4.15. The summed E-state index contributed by atoms with van der Waals surface area (Å²) in [6, 6.07) is 4.71. The van der Waals surface area contributed by atoms with Crippen molar-refractivity contribution in [2.24, 2.45) is 0 Å². The minimum atomic E-state index is -4.22. The van der Waals surface area contributed by atoms with Gasteiger partial charge < -0.3 is 14.8 Å². The highest BCUT2D eigenvalue weighted by atomic mass is 32.2. The molecule has 1 heterocycles. The first-order chi connectivity index (χ1) is 16.8. The Labute approximate surface area is 217 Å². The molecule has 0 fully saturated rings. The van der Waals surface area contributed by atoms with Crippen LogP contribution in [0.25, 0.3) is 10.4 Å². The smallest absolute Gasteiger partial charge is 0.425 e. The fourth-order valence-electron chi connectivity index (χ4n) is 3.21. The standard InChI is InChI=1S/C24H36N4O6S2/c1-8-10-11-12-20(29)26-22-25-16(3)21(35-22)17-13-14-18(33-7)19(15-17)36(31,32)27-28(9-2)23(30)34-24(4,5)6/h13-15,27H,8-12H2,1-7H3,(H,25,26,29). The number of aryl methyl sites for hydroxylation is 1. The summed E-state index contributed by atoms with van der Waals surface area (Å²) in [6.45, 7) is 10.6. The molecular formula is C24H36N4O6S2. The second-order valence-electron chi connectivity index (χ2n) is 9.12. The molecule has 1 aromatic heterocycles. The van der Waals surface area contributed by atoms with Gasteiger partial charge in [0.1, 0.15) is 16.2 Å². The highest BCUT2D eigenvalue weighted by molar-refractivity contribution is 7.89. The van der Waals surface area contributed by atoms with E-state index in [1.54, 1.807) is 40.7 Å². The van der Waals surface area contributed by atoms with Gasteiger partial charge in [-0.05, 0) is 64.8 Å². The highest BCUT2D eigenvalue weighted by Crippen LogP contribution is 2.36. The summed E-state index contributed by atoms with van der Waals surface area (Å²) in [6.07, 6.45) is 2.42. The molecule has 2 aromatic rings. The highest BCUT2D eigenvalue weighted by Gasteiger charge is 2.28. The van der Waals surface area contributed by atoms with Gasteiger partial charge in [0, 0.05) is 13.0 Å². The number of amides is 2. The Hall–Kier alpha value is -2.70. The molecule has 0 atom stereocenters. The Bertz CT molecular complexity index is 1170. The molecule has 0 bridgehead atoms. The topological polar surface area (TPSA) is 127 Å². The van der Waals surface area contributed by atoms with Crippen LogP contribution in [0.4, 0.5) is 9.93 Å². The monoisotopic (exact) mass is 540 g/mol. The van der Waals surface area contributed by atoms with Crippen LogP contribution in [0.1, 0.15) is 66.0 Å². The lowest BCUT2D eigenvalue weighted by atomic mass is 10.1. The first kappa shape index (κ1) is 29.5. The molecule has 0 unspecified atom stereocenters.